The number of aromatic nitrogens is 2. The lowest BCUT2D eigenvalue weighted by atomic mass is 10.0. The number of hydrogen-bond acceptors (Lipinski definition) is 2. The summed E-state index contributed by atoms with van der Waals surface area (Å²) in [5.41, 5.74) is 4.74. The van der Waals surface area contributed by atoms with E-state index in [4.69, 9.17) is 11.6 Å². The van der Waals surface area contributed by atoms with Crippen LogP contribution in [0.3, 0.4) is 0 Å². The minimum Gasteiger partial charge on any atom is -0.313 e. The molecule has 0 aliphatic carbocycles. The lowest BCUT2D eigenvalue weighted by Gasteiger charge is -2.09. The van der Waals surface area contributed by atoms with Crippen molar-refractivity contribution in [2.24, 2.45) is 0 Å². The van der Waals surface area contributed by atoms with E-state index in [0.29, 0.717) is 0 Å². The summed E-state index contributed by atoms with van der Waals surface area (Å²) < 4.78 is 2.07. The van der Waals surface area contributed by atoms with E-state index in [2.05, 4.69) is 48.0 Å². The van der Waals surface area contributed by atoms with Crippen LogP contribution in [0.15, 0.2) is 24.4 Å². The van der Waals surface area contributed by atoms with Gasteiger partial charge in [-0.2, -0.15) is 5.10 Å². The fourth-order valence-corrected chi connectivity index (χ4v) is 2.63. The zero-order valence-electron chi connectivity index (χ0n) is 13.1. The van der Waals surface area contributed by atoms with Crippen LogP contribution >= 0.6 is 11.6 Å². The summed E-state index contributed by atoms with van der Waals surface area (Å²) in [7, 11) is 0. The number of aryl methyl sites for hydroxylation is 1. The average Bonchev–Trinajstić information content (AvgIpc) is 2.83. The van der Waals surface area contributed by atoms with Crippen LogP contribution in [-0.2, 0) is 13.1 Å². The Morgan fingerprint density at radius 1 is 1.24 bits per heavy atom. The molecular weight excluding hydrogens is 282 g/mol. The van der Waals surface area contributed by atoms with E-state index in [0.717, 1.165) is 43.1 Å². The first-order valence-corrected chi connectivity index (χ1v) is 8.07. The van der Waals surface area contributed by atoms with Crippen molar-refractivity contribution in [3.8, 4) is 11.1 Å². The first kappa shape index (κ1) is 16.1. The number of benzene rings is 1. The number of nitrogens with zero attached hydrogens (tertiary/aromatic N) is 2. The molecule has 114 valence electrons. The summed E-state index contributed by atoms with van der Waals surface area (Å²) >= 11 is 6.30. The number of halogens is 1. The van der Waals surface area contributed by atoms with Crippen molar-refractivity contribution in [2.75, 3.05) is 6.54 Å². The molecule has 0 spiro atoms. The van der Waals surface area contributed by atoms with E-state index in [-0.39, 0.29) is 0 Å². The van der Waals surface area contributed by atoms with Crippen molar-refractivity contribution in [3.63, 3.8) is 0 Å². The molecular formula is C17H24ClN3. The maximum absolute atomic E-state index is 6.30. The Bertz CT molecular complexity index is 590. The van der Waals surface area contributed by atoms with E-state index in [1.807, 2.05) is 12.3 Å². The lowest BCUT2D eigenvalue weighted by Crippen LogP contribution is -2.14. The number of hydrogen-bond donors (Lipinski definition) is 1. The Hall–Kier alpha value is -1.32. The minimum atomic E-state index is 0.808. The maximum Gasteiger partial charge on any atom is 0.0571 e. The van der Waals surface area contributed by atoms with Gasteiger partial charge >= 0.3 is 0 Å². The highest BCUT2D eigenvalue weighted by Gasteiger charge is 2.10. The molecule has 0 saturated carbocycles. The van der Waals surface area contributed by atoms with Gasteiger partial charge in [0.05, 0.1) is 6.20 Å². The van der Waals surface area contributed by atoms with E-state index in [1.165, 1.54) is 16.8 Å². The molecule has 4 heteroatoms. The summed E-state index contributed by atoms with van der Waals surface area (Å²) in [6.45, 7) is 9.24. The Kier molecular flexibility index (Phi) is 5.83. The van der Waals surface area contributed by atoms with Crippen LogP contribution in [0.25, 0.3) is 11.1 Å². The lowest BCUT2D eigenvalue weighted by molar-refractivity contribution is 0.587. The van der Waals surface area contributed by atoms with Crippen LogP contribution in [0.4, 0.5) is 0 Å². The van der Waals surface area contributed by atoms with Gasteiger partial charge in [-0.15, -0.1) is 0 Å². The molecule has 0 fully saturated rings. The van der Waals surface area contributed by atoms with Gasteiger partial charge in [0.2, 0.25) is 0 Å². The second-order valence-corrected chi connectivity index (χ2v) is 5.76. The highest BCUT2D eigenvalue weighted by Crippen LogP contribution is 2.27. The molecule has 2 rings (SSSR count). The van der Waals surface area contributed by atoms with Crippen molar-refractivity contribution >= 4 is 11.6 Å². The van der Waals surface area contributed by atoms with Crippen LogP contribution in [0.1, 0.15) is 37.9 Å². The van der Waals surface area contributed by atoms with Gasteiger partial charge in [-0.1, -0.05) is 31.5 Å². The molecule has 0 amide bonds. The van der Waals surface area contributed by atoms with Gasteiger partial charge in [0.25, 0.3) is 0 Å². The third-order valence-electron chi connectivity index (χ3n) is 3.64. The molecule has 1 heterocycles. The minimum absolute atomic E-state index is 0.808. The summed E-state index contributed by atoms with van der Waals surface area (Å²) in [4.78, 5) is 0. The highest BCUT2D eigenvalue weighted by atomic mass is 35.5. The van der Waals surface area contributed by atoms with Crippen molar-refractivity contribution in [2.45, 2.75) is 46.7 Å². The molecule has 1 N–H and O–H groups in total. The smallest absolute Gasteiger partial charge is 0.0571 e. The SMILES string of the molecule is CCCNCc1cc(-c2cnn(CCC)c2C)ccc1Cl. The largest absolute Gasteiger partial charge is 0.313 e. The fourth-order valence-electron chi connectivity index (χ4n) is 2.44. The van der Waals surface area contributed by atoms with E-state index >= 15 is 0 Å². The molecule has 0 unspecified atom stereocenters. The Balaban J connectivity index is 2.25. The zero-order valence-corrected chi connectivity index (χ0v) is 13.9. The summed E-state index contributed by atoms with van der Waals surface area (Å²) in [6.07, 6.45) is 4.17. The topological polar surface area (TPSA) is 29.9 Å². The predicted molar refractivity (Wildman–Crippen MR) is 89.7 cm³/mol. The fraction of sp³-hybridized carbons (Fsp3) is 0.471. The Morgan fingerprint density at radius 2 is 2.05 bits per heavy atom. The van der Waals surface area contributed by atoms with Crippen LogP contribution in [0.5, 0.6) is 0 Å². The summed E-state index contributed by atoms with van der Waals surface area (Å²) in [6, 6.07) is 6.23. The predicted octanol–water partition coefficient (Wildman–Crippen LogP) is 4.42. The van der Waals surface area contributed by atoms with Crippen molar-refractivity contribution < 1.29 is 0 Å². The van der Waals surface area contributed by atoms with Gasteiger partial charge in [0.1, 0.15) is 0 Å². The molecule has 3 nitrogen and oxygen atoms in total. The van der Waals surface area contributed by atoms with Crippen LogP contribution in [-0.4, -0.2) is 16.3 Å². The Morgan fingerprint density at radius 3 is 2.76 bits per heavy atom. The molecule has 1 aromatic carbocycles. The molecule has 1 aromatic heterocycles. The highest BCUT2D eigenvalue weighted by molar-refractivity contribution is 6.31. The number of nitrogens with one attached hydrogen (secondary N) is 1. The molecule has 21 heavy (non-hydrogen) atoms. The van der Waals surface area contributed by atoms with Crippen molar-refractivity contribution in [1.29, 1.82) is 0 Å². The van der Waals surface area contributed by atoms with E-state index < -0.39 is 0 Å². The van der Waals surface area contributed by atoms with Crippen LogP contribution < -0.4 is 5.32 Å². The zero-order chi connectivity index (χ0) is 15.2. The first-order valence-electron chi connectivity index (χ1n) is 7.69. The first-order chi connectivity index (χ1) is 10.2. The van der Waals surface area contributed by atoms with Crippen molar-refractivity contribution in [3.05, 3.63) is 40.7 Å². The van der Waals surface area contributed by atoms with Gasteiger partial charge < -0.3 is 5.32 Å². The van der Waals surface area contributed by atoms with Gasteiger partial charge in [-0.25, -0.2) is 0 Å². The molecule has 0 atom stereocenters. The molecule has 0 bridgehead atoms. The van der Waals surface area contributed by atoms with Gasteiger partial charge in [-0.3, -0.25) is 4.68 Å². The standard InChI is InChI=1S/C17H24ClN3/c1-4-8-19-11-15-10-14(6-7-17(15)18)16-12-20-21(9-5-2)13(16)3/h6-7,10,12,19H,4-5,8-9,11H2,1-3H3. The molecule has 2 aromatic rings. The monoisotopic (exact) mass is 305 g/mol. The van der Waals surface area contributed by atoms with Crippen molar-refractivity contribution in [1.82, 2.24) is 15.1 Å². The summed E-state index contributed by atoms with van der Waals surface area (Å²) in [5.74, 6) is 0. The van der Waals surface area contributed by atoms with Crippen LogP contribution in [0.2, 0.25) is 5.02 Å². The van der Waals surface area contributed by atoms with Gasteiger partial charge in [-0.05, 0) is 49.6 Å². The normalized spacial score (nSPS) is 11.0. The Labute approximate surface area is 132 Å². The second kappa shape index (κ2) is 7.62. The molecule has 0 saturated heterocycles. The van der Waals surface area contributed by atoms with Crippen LogP contribution in [0, 0.1) is 6.92 Å². The molecule has 0 aliphatic heterocycles. The van der Waals surface area contributed by atoms with Gasteiger partial charge in [0.15, 0.2) is 0 Å². The van der Waals surface area contributed by atoms with E-state index in [1.54, 1.807) is 0 Å². The molecule has 0 radical (unpaired) electrons. The van der Waals surface area contributed by atoms with E-state index in [9.17, 15) is 0 Å². The third kappa shape index (κ3) is 3.86. The second-order valence-electron chi connectivity index (χ2n) is 5.35. The maximum atomic E-state index is 6.30. The van der Waals surface area contributed by atoms with Gasteiger partial charge in [0, 0.05) is 29.4 Å². The molecule has 0 aliphatic rings. The average molecular weight is 306 g/mol. The third-order valence-corrected chi connectivity index (χ3v) is 4.01. The quantitative estimate of drug-likeness (QED) is 0.767. The summed E-state index contributed by atoms with van der Waals surface area (Å²) in [5, 5.41) is 8.70. The number of rotatable bonds is 7.